The summed E-state index contributed by atoms with van der Waals surface area (Å²) in [5.41, 5.74) is 3.35. The third kappa shape index (κ3) is 1.82. The highest BCUT2D eigenvalue weighted by atomic mass is 15.1. The van der Waals surface area contributed by atoms with Crippen LogP contribution in [0.5, 0.6) is 0 Å². The van der Waals surface area contributed by atoms with Gasteiger partial charge in [0.05, 0.1) is 18.0 Å². The van der Waals surface area contributed by atoms with E-state index < -0.39 is 0 Å². The summed E-state index contributed by atoms with van der Waals surface area (Å²) in [5.74, 6) is 0. The molecule has 2 rings (SSSR count). The Balaban J connectivity index is 2.63. The average Bonchev–Trinajstić information content (AvgIpc) is 2.58. The fourth-order valence-electron chi connectivity index (χ4n) is 1.75. The molecule has 0 atom stereocenters. The van der Waals surface area contributed by atoms with Crippen LogP contribution in [-0.4, -0.2) is 14.5 Å². The zero-order valence-corrected chi connectivity index (χ0v) is 10.7. The maximum atomic E-state index is 4.47. The Morgan fingerprint density at radius 1 is 1.19 bits per heavy atom. The molecule has 0 N–H and O–H groups in total. The van der Waals surface area contributed by atoms with E-state index in [2.05, 4.69) is 55.2 Å². The zero-order chi connectivity index (χ0) is 11.9. The van der Waals surface area contributed by atoms with E-state index in [4.69, 9.17) is 0 Å². The van der Waals surface area contributed by atoms with Crippen molar-refractivity contribution < 1.29 is 0 Å². The van der Waals surface area contributed by atoms with Gasteiger partial charge in [0.15, 0.2) is 0 Å². The molecule has 0 amide bonds. The first-order valence-corrected chi connectivity index (χ1v) is 5.72. The van der Waals surface area contributed by atoms with Crippen LogP contribution in [0, 0.1) is 0 Å². The van der Waals surface area contributed by atoms with Crippen LogP contribution in [0.15, 0.2) is 18.6 Å². The molecule has 0 bridgehead atoms. The van der Waals surface area contributed by atoms with Gasteiger partial charge in [-0.15, -0.1) is 0 Å². The lowest BCUT2D eigenvalue weighted by Gasteiger charge is -2.18. The number of hydrogen-bond acceptors (Lipinski definition) is 2. The van der Waals surface area contributed by atoms with Gasteiger partial charge in [-0.1, -0.05) is 20.8 Å². The van der Waals surface area contributed by atoms with Crippen LogP contribution in [0.4, 0.5) is 0 Å². The number of imidazole rings is 1. The van der Waals surface area contributed by atoms with Gasteiger partial charge in [0.1, 0.15) is 5.52 Å². The Kier molecular flexibility index (Phi) is 2.49. The molecule has 0 aliphatic rings. The number of rotatable bonds is 1. The maximum absolute atomic E-state index is 4.47. The Hall–Kier alpha value is -1.38. The second-order valence-corrected chi connectivity index (χ2v) is 5.55. The third-order valence-corrected chi connectivity index (χ3v) is 2.79. The molecule has 0 radical (unpaired) electrons. The molecule has 0 spiro atoms. The first kappa shape index (κ1) is 11.1. The number of aromatic nitrogens is 3. The van der Waals surface area contributed by atoms with Crippen molar-refractivity contribution in [3.05, 3.63) is 24.3 Å². The van der Waals surface area contributed by atoms with Crippen LogP contribution in [0.2, 0.25) is 0 Å². The predicted molar refractivity (Wildman–Crippen MR) is 66.6 cm³/mol. The number of nitrogens with zero attached hydrogens (tertiary/aromatic N) is 3. The molecule has 0 aliphatic heterocycles. The van der Waals surface area contributed by atoms with Gasteiger partial charge in [-0.05, 0) is 19.9 Å². The van der Waals surface area contributed by atoms with Crippen molar-refractivity contribution in [2.75, 3.05) is 0 Å². The minimum absolute atomic E-state index is 0.0836. The Morgan fingerprint density at radius 3 is 2.44 bits per heavy atom. The predicted octanol–water partition coefficient (Wildman–Crippen LogP) is 3.31. The summed E-state index contributed by atoms with van der Waals surface area (Å²) in [6.45, 7) is 10.9. The van der Waals surface area contributed by atoms with E-state index in [9.17, 15) is 0 Å². The molecule has 0 aromatic carbocycles. The molecule has 0 fully saturated rings. The van der Waals surface area contributed by atoms with Crippen molar-refractivity contribution in [1.29, 1.82) is 0 Å². The van der Waals surface area contributed by atoms with Gasteiger partial charge in [-0.3, -0.25) is 4.98 Å². The minimum atomic E-state index is 0.0836. The fourth-order valence-corrected chi connectivity index (χ4v) is 1.75. The molecule has 0 saturated carbocycles. The van der Waals surface area contributed by atoms with Crippen molar-refractivity contribution >= 4 is 11.0 Å². The van der Waals surface area contributed by atoms with E-state index in [-0.39, 0.29) is 5.41 Å². The largest absolute Gasteiger partial charge is 0.328 e. The molecule has 0 aliphatic carbocycles. The van der Waals surface area contributed by atoms with Gasteiger partial charge in [0, 0.05) is 17.2 Å². The van der Waals surface area contributed by atoms with Crippen LogP contribution >= 0.6 is 0 Å². The molecule has 2 aromatic heterocycles. The molecule has 3 nitrogen and oxygen atoms in total. The summed E-state index contributed by atoms with van der Waals surface area (Å²) in [4.78, 5) is 8.84. The minimum Gasteiger partial charge on any atom is -0.328 e. The van der Waals surface area contributed by atoms with Crippen molar-refractivity contribution in [3.63, 3.8) is 0 Å². The van der Waals surface area contributed by atoms with Crippen LogP contribution < -0.4 is 0 Å². The SMILES string of the molecule is CC(C)n1cnc2cnc(C(C)(C)C)cc21. The Bertz CT molecular complexity index is 503. The molecular formula is C13H19N3. The summed E-state index contributed by atoms with van der Waals surface area (Å²) in [7, 11) is 0. The normalized spacial score (nSPS) is 12.6. The topological polar surface area (TPSA) is 30.7 Å². The molecule has 2 heterocycles. The second-order valence-electron chi connectivity index (χ2n) is 5.55. The number of fused-ring (bicyclic) bond motifs is 1. The van der Waals surface area contributed by atoms with Gasteiger partial charge in [0.25, 0.3) is 0 Å². The lowest BCUT2D eigenvalue weighted by Crippen LogP contribution is -2.13. The number of hydrogen-bond donors (Lipinski definition) is 0. The summed E-state index contributed by atoms with van der Waals surface area (Å²) < 4.78 is 2.19. The first-order valence-electron chi connectivity index (χ1n) is 5.72. The molecule has 0 saturated heterocycles. The van der Waals surface area contributed by atoms with Crippen LogP contribution in [0.1, 0.15) is 46.4 Å². The third-order valence-electron chi connectivity index (χ3n) is 2.79. The molecule has 86 valence electrons. The van der Waals surface area contributed by atoms with Crippen LogP contribution in [0.3, 0.4) is 0 Å². The van der Waals surface area contributed by atoms with Gasteiger partial charge >= 0.3 is 0 Å². The monoisotopic (exact) mass is 217 g/mol. The van der Waals surface area contributed by atoms with E-state index in [1.54, 1.807) is 0 Å². The zero-order valence-electron chi connectivity index (χ0n) is 10.7. The van der Waals surface area contributed by atoms with Crippen LogP contribution in [0.25, 0.3) is 11.0 Å². The highest BCUT2D eigenvalue weighted by molar-refractivity contribution is 5.75. The fraction of sp³-hybridized carbons (Fsp3) is 0.538. The highest BCUT2D eigenvalue weighted by Crippen LogP contribution is 2.24. The van der Waals surface area contributed by atoms with Crippen molar-refractivity contribution in [1.82, 2.24) is 14.5 Å². The molecular weight excluding hydrogens is 198 g/mol. The summed E-state index contributed by atoms with van der Waals surface area (Å²) in [6.07, 6.45) is 3.76. The summed E-state index contributed by atoms with van der Waals surface area (Å²) in [5, 5.41) is 0. The summed E-state index contributed by atoms with van der Waals surface area (Å²) in [6, 6.07) is 2.59. The molecule has 16 heavy (non-hydrogen) atoms. The smallest absolute Gasteiger partial charge is 0.107 e. The molecule has 3 heteroatoms. The maximum Gasteiger partial charge on any atom is 0.107 e. The lowest BCUT2D eigenvalue weighted by molar-refractivity contribution is 0.568. The van der Waals surface area contributed by atoms with E-state index in [0.29, 0.717) is 6.04 Å². The van der Waals surface area contributed by atoms with Gasteiger partial charge in [-0.2, -0.15) is 0 Å². The van der Waals surface area contributed by atoms with Crippen molar-refractivity contribution in [2.45, 2.75) is 46.1 Å². The van der Waals surface area contributed by atoms with Gasteiger partial charge < -0.3 is 4.57 Å². The molecule has 0 unspecified atom stereocenters. The van der Waals surface area contributed by atoms with Gasteiger partial charge in [0.2, 0.25) is 0 Å². The second kappa shape index (κ2) is 3.58. The number of pyridine rings is 1. The van der Waals surface area contributed by atoms with Crippen molar-refractivity contribution in [3.8, 4) is 0 Å². The average molecular weight is 217 g/mol. The first-order chi connectivity index (χ1) is 7.39. The highest BCUT2D eigenvalue weighted by Gasteiger charge is 2.17. The van der Waals surface area contributed by atoms with Crippen molar-refractivity contribution in [2.24, 2.45) is 0 Å². The molecule has 2 aromatic rings. The Morgan fingerprint density at radius 2 is 1.88 bits per heavy atom. The summed E-state index contributed by atoms with van der Waals surface area (Å²) >= 11 is 0. The van der Waals surface area contributed by atoms with E-state index in [0.717, 1.165) is 11.2 Å². The standard InChI is InChI=1S/C13H19N3/c1-9(2)16-8-15-10-7-14-12(6-11(10)16)13(3,4)5/h6-9H,1-5H3. The van der Waals surface area contributed by atoms with Gasteiger partial charge in [-0.25, -0.2) is 4.98 Å². The van der Waals surface area contributed by atoms with E-state index in [1.165, 1.54) is 5.52 Å². The Labute approximate surface area is 96.5 Å². The lowest BCUT2D eigenvalue weighted by atomic mass is 9.91. The van der Waals surface area contributed by atoms with E-state index in [1.807, 2.05) is 12.5 Å². The quantitative estimate of drug-likeness (QED) is 0.733. The van der Waals surface area contributed by atoms with Crippen LogP contribution in [-0.2, 0) is 5.41 Å². The van der Waals surface area contributed by atoms with E-state index >= 15 is 0 Å².